The van der Waals surface area contributed by atoms with Gasteiger partial charge in [0.25, 0.3) is 0 Å². The van der Waals surface area contributed by atoms with Gasteiger partial charge in [-0.2, -0.15) is 0 Å². The number of halogens is 1. The molecule has 3 aromatic rings. The zero-order valence-electron chi connectivity index (χ0n) is 10.9. The van der Waals surface area contributed by atoms with Gasteiger partial charge >= 0.3 is 0 Å². The molecule has 0 saturated carbocycles. The van der Waals surface area contributed by atoms with Crippen molar-refractivity contribution in [2.45, 2.75) is 13.5 Å². The fraction of sp³-hybridized carbons (Fsp3) is 0.143. The number of hydrogen-bond donors (Lipinski definition) is 1. The van der Waals surface area contributed by atoms with Crippen LogP contribution in [-0.2, 0) is 6.54 Å². The van der Waals surface area contributed by atoms with Crippen LogP contribution >= 0.6 is 11.6 Å². The molecule has 2 aromatic heterocycles. The van der Waals surface area contributed by atoms with Crippen molar-refractivity contribution < 1.29 is 4.42 Å². The van der Waals surface area contributed by atoms with Crippen LogP contribution in [0, 0.1) is 6.92 Å². The van der Waals surface area contributed by atoms with E-state index in [2.05, 4.69) is 10.3 Å². The van der Waals surface area contributed by atoms with Crippen molar-refractivity contribution in [3.63, 3.8) is 0 Å². The summed E-state index contributed by atoms with van der Waals surface area (Å²) < 4.78 is 7.17. The molecular formula is C14H13ClN4O. The monoisotopic (exact) mass is 288 g/mol. The lowest BCUT2D eigenvalue weighted by Crippen LogP contribution is -2.03. The van der Waals surface area contributed by atoms with Crippen molar-refractivity contribution in [3.05, 3.63) is 52.9 Å². The number of nitrogens with two attached hydrogens (primary N) is 1. The minimum Gasteiger partial charge on any atom is -0.463 e. The fourth-order valence-electron chi connectivity index (χ4n) is 2.09. The summed E-state index contributed by atoms with van der Waals surface area (Å²) in [7, 11) is 0. The minimum absolute atomic E-state index is 0.287. The molecular weight excluding hydrogens is 276 g/mol. The van der Waals surface area contributed by atoms with E-state index in [1.807, 2.05) is 37.3 Å². The number of hydrogen-bond acceptors (Lipinski definition) is 4. The molecule has 0 amide bonds. The summed E-state index contributed by atoms with van der Waals surface area (Å²) in [6.07, 6.45) is 1.61. The van der Waals surface area contributed by atoms with Gasteiger partial charge in [-0.25, -0.2) is 4.68 Å². The number of aryl methyl sites for hydroxylation is 1. The maximum atomic E-state index is 6.07. The third-order valence-corrected chi connectivity index (χ3v) is 3.32. The second kappa shape index (κ2) is 5.11. The van der Waals surface area contributed by atoms with E-state index < -0.39 is 0 Å². The topological polar surface area (TPSA) is 69.9 Å². The number of aromatic nitrogens is 3. The highest BCUT2D eigenvalue weighted by Crippen LogP contribution is 2.28. The summed E-state index contributed by atoms with van der Waals surface area (Å²) in [5, 5.41) is 8.95. The smallest absolute Gasteiger partial charge is 0.154 e. The predicted octanol–water partition coefficient (Wildman–Crippen LogP) is 2.95. The molecule has 0 spiro atoms. The van der Waals surface area contributed by atoms with E-state index in [1.165, 1.54) is 0 Å². The minimum atomic E-state index is 0.287. The van der Waals surface area contributed by atoms with Gasteiger partial charge in [0.05, 0.1) is 12.0 Å². The number of benzene rings is 1. The van der Waals surface area contributed by atoms with Gasteiger partial charge in [0.1, 0.15) is 11.4 Å². The molecule has 0 fully saturated rings. The van der Waals surface area contributed by atoms with E-state index in [-0.39, 0.29) is 6.54 Å². The summed E-state index contributed by atoms with van der Waals surface area (Å²) in [5.74, 6) is 0.676. The van der Waals surface area contributed by atoms with Gasteiger partial charge < -0.3 is 10.2 Å². The van der Waals surface area contributed by atoms with Crippen LogP contribution in [0.15, 0.2) is 41.0 Å². The standard InChI is InChI=1S/C14H13ClN4O/c1-9-4-5-10(15)7-12(9)19-14(11(8-16)17-18-19)13-3-2-6-20-13/h2-7H,8,16H2,1H3. The number of nitrogens with zero attached hydrogens (tertiary/aromatic N) is 3. The average molecular weight is 289 g/mol. The molecule has 0 bridgehead atoms. The largest absolute Gasteiger partial charge is 0.463 e. The normalized spacial score (nSPS) is 10.9. The number of furan rings is 1. The molecule has 1 aromatic carbocycles. The summed E-state index contributed by atoms with van der Waals surface area (Å²) in [5.41, 5.74) is 9.06. The van der Waals surface area contributed by atoms with Crippen LogP contribution in [0.4, 0.5) is 0 Å². The van der Waals surface area contributed by atoms with Gasteiger partial charge in [0, 0.05) is 11.6 Å². The Morgan fingerprint density at radius 1 is 1.35 bits per heavy atom. The van der Waals surface area contributed by atoms with Gasteiger partial charge in [-0.1, -0.05) is 22.9 Å². The predicted molar refractivity (Wildman–Crippen MR) is 76.7 cm³/mol. The first-order valence-electron chi connectivity index (χ1n) is 6.15. The van der Waals surface area contributed by atoms with Crippen LogP contribution in [0.1, 0.15) is 11.3 Å². The molecule has 0 aliphatic carbocycles. The third kappa shape index (κ3) is 2.11. The molecule has 0 unspecified atom stereocenters. The summed E-state index contributed by atoms with van der Waals surface area (Å²) in [6, 6.07) is 9.30. The molecule has 20 heavy (non-hydrogen) atoms. The Kier molecular flexibility index (Phi) is 3.30. The highest BCUT2D eigenvalue weighted by Gasteiger charge is 2.18. The zero-order chi connectivity index (χ0) is 14.1. The van der Waals surface area contributed by atoms with Gasteiger partial charge in [-0.3, -0.25) is 0 Å². The highest BCUT2D eigenvalue weighted by atomic mass is 35.5. The fourth-order valence-corrected chi connectivity index (χ4v) is 2.26. The lowest BCUT2D eigenvalue weighted by atomic mass is 10.2. The Morgan fingerprint density at radius 3 is 2.90 bits per heavy atom. The number of rotatable bonds is 3. The average Bonchev–Trinajstić information content (AvgIpc) is 3.08. The molecule has 2 N–H and O–H groups in total. The lowest BCUT2D eigenvalue weighted by Gasteiger charge is -2.09. The van der Waals surface area contributed by atoms with Crippen LogP contribution in [0.5, 0.6) is 0 Å². The Labute approximate surface area is 121 Å². The van der Waals surface area contributed by atoms with Crippen molar-refractivity contribution in [2.24, 2.45) is 5.73 Å². The molecule has 2 heterocycles. The Morgan fingerprint density at radius 2 is 2.20 bits per heavy atom. The van der Waals surface area contributed by atoms with E-state index >= 15 is 0 Å². The van der Waals surface area contributed by atoms with Crippen LogP contribution in [0.3, 0.4) is 0 Å². The highest BCUT2D eigenvalue weighted by molar-refractivity contribution is 6.30. The molecule has 0 saturated heterocycles. The van der Waals surface area contributed by atoms with E-state index in [0.29, 0.717) is 16.5 Å². The van der Waals surface area contributed by atoms with Crippen molar-refractivity contribution in [3.8, 4) is 17.1 Å². The Hall–Kier alpha value is -2.11. The van der Waals surface area contributed by atoms with Crippen molar-refractivity contribution in [1.82, 2.24) is 15.0 Å². The van der Waals surface area contributed by atoms with Gasteiger partial charge in [0.2, 0.25) is 0 Å². The molecule has 5 nitrogen and oxygen atoms in total. The van der Waals surface area contributed by atoms with Crippen LogP contribution in [0.2, 0.25) is 5.02 Å². The Bertz CT molecular complexity index is 734. The van der Waals surface area contributed by atoms with Gasteiger partial charge in [0.15, 0.2) is 5.76 Å². The summed E-state index contributed by atoms with van der Waals surface area (Å²) >= 11 is 6.07. The van der Waals surface area contributed by atoms with Crippen LogP contribution in [0.25, 0.3) is 17.1 Å². The van der Waals surface area contributed by atoms with E-state index in [0.717, 1.165) is 16.9 Å². The molecule has 0 aliphatic heterocycles. The maximum Gasteiger partial charge on any atom is 0.154 e. The second-order valence-corrected chi connectivity index (χ2v) is 4.85. The second-order valence-electron chi connectivity index (χ2n) is 4.41. The first kappa shape index (κ1) is 12.9. The summed E-state index contributed by atoms with van der Waals surface area (Å²) in [4.78, 5) is 0. The molecule has 0 aliphatic rings. The van der Waals surface area contributed by atoms with Crippen molar-refractivity contribution in [2.75, 3.05) is 0 Å². The molecule has 3 rings (SSSR count). The SMILES string of the molecule is Cc1ccc(Cl)cc1-n1nnc(CN)c1-c1ccco1. The quantitative estimate of drug-likeness (QED) is 0.804. The first-order chi connectivity index (χ1) is 9.70. The van der Waals surface area contributed by atoms with E-state index in [1.54, 1.807) is 10.9 Å². The van der Waals surface area contributed by atoms with E-state index in [4.69, 9.17) is 21.8 Å². The van der Waals surface area contributed by atoms with Crippen LogP contribution < -0.4 is 5.73 Å². The molecule has 6 heteroatoms. The summed E-state index contributed by atoms with van der Waals surface area (Å²) in [6.45, 7) is 2.27. The third-order valence-electron chi connectivity index (χ3n) is 3.09. The van der Waals surface area contributed by atoms with Crippen LogP contribution in [-0.4, -0.2) is 15.0 Å². The molecule has 0 atom stereocenters. The zero-order valence-corrected chi connectivity index (χ0v) is 11.6. The maximum absolute atomic E-state index is 6.07. The molecule has 102 valence electrons. The van der Waals surface area contributed by atoms with Gasteiger partial charge in [-0.05, 0) is 36.8 Å². The Balaban J connectivity index is 2.25. The van der Waals surface area contributed by atoms with Crippen molar-refractivity contribution in [1.29, 1.82) is 0 Å². The van der Waals surface area contributed by atoms with Crippen molar-refractivity contribution >= 4 is 11.6 Å². The van der Waals surface area contributed by atoms with E-state index in [9.17, 15) is 0 Å². The van der Waals surface area contributed by atoms with Gasteiger partial charge in [-0.15, -0.1) is 5.10 Å². The first-order valence-corrected chi connectivity index (χ1v) is 6.53. The molecule has 0 radical (unpaired) electrons. The lowest BCUT2D eigenvalue weighted by molar-refractivity contribution is 0.576.